The normalized spacial score (nSPS) is 17.3. The molecule has 1 fully saturated rings. The van der Waals surface area contributed by atoms with E-state index in [0.29, 0.717) is 24.3 Å². The predicted octanol–water partition coefficient (Wildman–Crippen LogP) is 2.86. The van der Waals surface area contributed by atoms with Crippen molar-refractivity contribution in [2.75, 3.05) is 13.7 Å². The summed E-state index contributed by atoms with van der Waals surface area (Å²) in [5.41, 5.74) is 0.677. The molecule has 5 nitrogen and oxygen atoms in total. The Kier molecular flexibility index (Phi) is 4.14. The van der Waals surface area contributed by atoms with E-state index in [1.54, 1.807) is 24.3 Å². The molecule has 1 atom stereocenters. The van der Waals surface area contributed by atoms with Crippen LogP contribution in [0.5, 0.6) is 0 Å². The molecule has 120 valence electrons. The molecule has 1 aliphatic heterocycles. The number of carbonyl (C=O) groups is 2. The Morgan fingerprint density at radius 3 is 2.65 bits per heavy atom. The van der Waals surface area contributed by atoms with Crippen LogP contribution in [0.1, 0.15) is 23.4 Å². The topological polar surface area (TPSA) is 59.8 Å². The highest BCUT2D eigenvalue weighted by atomic mass is 19.1. The van der Waals surface area contributed by atoms with Gasteiger partial charge in [-0.1, -0.05) is 0 Å². The zero-order valence-corrected chi connectivity index (χ0v) is 12.6. The molecule has 1 aromatic heterocycles. The maximum Gasteiger partial charge on any atom is 0.328 e. The van der Waals surface area contributed by atoms with E-state index in [9.17, 15) is 14.0 Å². The fourth-order valence-electron chi connectivity index (χ4n) is 2.75. The number of benzene rings is 1. The highest BCUT2D eigenvalue weighted by molar-refractivity contribution is 5.95. The fraction of sp³-hybridized carbons (Fsp3) is 0.294. The summed E-state index contributed by atoms with van der Waals surface area (Å²) in [6.45, 7) is 0.491. The Balaban J connectivity index is 1.81. The van der Waals surface area contributed by atoms with Crippen LogP contribution >= 0.6 is 0 Å². The summed E-state index contributed by atoms with van der Waals surface area (Å²) >= 11 is 0. The molecule has 1 aromatic carbocycles. The van der Waals surface area contributed by atoms with Crippen LogP contribution in [-0.4, -0.2) is 36.5 Å². The van der Waals surface area contributed by atoms with Crippen LogP contribution in [0, 0.1) is 5.82 Å². The minimum atomic E-state index is -0.563. The molecular weight excluding hydrogens is 301 g/mol. The predicted molar refractivity (Wildman–Crippen MR) is 80.2 cm³/mol. The van der Waals surface area contributed by atoms with Crippen LogP contribution in [0.3, 0.4) is 0 Å². The molecule has 0 aliphatic carbocycles. The third kappa shape index (κ3) is 2.97. The lowest BCUT2D eigenvalue weighted by Gasteiger charge is -2.21. The SMILES string of the molecule is COC(=O)[C@@H]1CCCN1C(=O)c1ccc(-c2ccc(F)cc2)o1. The molecule has 0 radical (unpaired) electrons. The molecule has 0 saturated carbocycles. The molecule has 23 heavy (non-hydrogen) atoms. The van der Waals surface area contributed by atoms with E-state index in [-0.39, 0.29) is 17.5 Å². The summed E-state index contributed by atoms with van der Waals surface area (Å²) in [7, 11) is 1.31. The second-order valence-electron chi connectivity index (χ2n) is 5.35. The van der Waals surface area contributed by atoms with Gasteiger partial charge in [-0.05, 0) is 49.2 Å². The number of halogens is 1. The first-order valence-corrected chi connectivity index (χ1v) is 7.34. The zero-order chi connectivity index (χ0) is 16.4. The third-order valence-electron chi connectivity index (χ3n) is 3.93. The first-order valence-electron chi connectivity index (χ1n) is 7.34. The molecule has 0 N–H and O–H groups in total. The van der Waals surface area contributed by atoms with Gasteiger partial charge in [-0.2, -0.15) is 0 Å². The first-order chi connectivity index (χ1) is 11.1. The number of esters is 1. The number of hydrogen-bond acceptors (Lipinski definition) is 4. The van der Waals surface area contributed by atoms with Crippen molar-refractivity contribution in [3.8, 4) is 11.3 Å². The summed E-state index contributed by atoms with van der Waals surface area (Å²) in [6, 6.07) is 8.47. The Morgan fingerprint density at radius 1 is 1.22 bits per heavy atom. The van der Waals surface area contributed by atoms with Gasteiger partial charge in [0.1, 0.15) is 17.6 Å². The number of carbonyl (C=O) groups excluding carboxylic acids is 2. The Labute approximate surface area is 132 Å². The van der Waals surface area contributed by atoms with Gasteiger partial charge < -0.3 is 14.1 Å². The molecule has 2 heterocycles. The Morgan fingerprint density at radius 2 is 1.96 bits per heavy atom. The van der Waals surface area contributed by atoms with Gasteiger partial charge in [0.05, 0.1) is 7.11 Å². The number of hydrogen-bond donors (Lipinski definition) is 0. The second kappa shape index (κ2) is 6.24. The second-order valence-corrected chi connectivity index (χ2v) is 5.35. The number of methoxy groups -OCH3 is 1. The van der Waals surface area contributed by atoms with Crippen molar-refractivity contribution in [1.29, 1.82) is 0 Å². The molecule has 6 heteroatoms. The monoisotopic (exact) mass is 317 g/mol. The maximum absolute atomic E-state index is 13.0. The van der Waals surface area contributed by atoms with Crippen LogP contribution in [-0.2, 0) is 9.53 Å². The van der Waals surface area contributed by atoms with Crippen LogP contribution < -0.4 is 0 Å². The van der Waals surface area contributed by atoms with Crippen molar-refractivity contribution in [2.45, 2.75) is 18.9 Å². The number of likely N-dealkylation sites (tertiary alicyclic amines) is 1. The number of furan rings is 1. The van der Waals surface area contributed by atoms with E-state index >= 15 is 0 Å². The smallest absolute Gasteiger partial charge is 0.328 e. The lowest BCUT2D eigenvalue weighted by molar-refractivity contribution is -0.145. The number of amides is 1. The maximum atomic E-state index is 13.0. The van der Waals surface area contributed by atoms with E-state index in [2.05, 4.69) is 0 Å². The van der Waals surface area contributed by atoms with E-state index < -0.39 is 12.0 Å². The molecule has 3 rings (SSSR count). The molecule has 0 unspecified atom stereocenters. The van der Waals surface area contributed by atoms with Gasteiger partial charge in [0.2, 0.25) is 0 Å². The quantitative estimate of drug-likeness (QED) is 0.817. The Hall–Kier alpha value is -2.63. The highest BCUT2D eigenvalue weighted by Crippen LogP contribution is 2.26. The first kappa shape index (κ1) is 15.3. The largest absolute Gasteiger partial charge is 0.467 e. The number of nitrogens with zero attached hydrogens (tertiary/aromatic N) is 1. The average molecular weight is 317 g/mol. The van der Waals surface area contributed by atoms with Crippen LogP contribution in [0.15, 0.2) is 40.8 Å². The van der Waals surface area contributed by atoms with Crippen molar-refractivity contribution in [1.82, 2.24) is 4.90 Å². The lowest BCUT2D eigenvalue weighted by atomic mass is 10.2. The lowest BCUT2D eigenvalue weighted by Crippen LogP contribution is -2.40. The van der Waals surface area contributed by atoms with Gasteiger partial charge in [0.25, 0.3) is 5.91 Å². The van der Waals surface area contributed by atoms with Crippen LogP contribution in [0.25, 0.3) is 11.3 Å². The van der Waals surface area contributed by atoms with E-state index in [1.807, 2.05) is 0 Å². The van der Waals surface area contributed by atoms with Crippen molar-refractivity contribution < 1.29 is 23.1 Å². The van der Waals surface area contributed by atoms with E-state index in [4.69, 9.17) is 9.15 Å². The van der Waals surface area contributed by atoms with Crippen LogP contribution in [0.4, 0.5) is 4.39 Å². The fourth-order valence-corrected chi connectivity index (χ4v) is 2.75. The molecule has 1 amide bonds. The number of rotatable bonds is 3. The van der Waals surface area contributed by atoms with Crippen LogP contribution in [0.2, 0.25) is 0 Å². The Bertz CT molecular complexity index is 722. The summed E-state index contributed by atoms with van der Waals surface area (Å²) < 4.78 is 23.3. The van der Waals surface area contributed by atoms with E-state index in [1.165, 1.54) is 24.1 Å². The summed E-state index contributed by atoms with van der Waals surface area (Å²) in [6.07, 6.45) is 1.33. The minimum absolute atomic E-state index is 0.153. The highest BCUT2D eigenvalue weighted by Gasteiger charge is 2.36. The van der Waals surface area contributed by atoms with Gasteiger partial charge >= 0.3 is 5.97 Å². The molecular formula is C17H16FNO4. The number of ether oxygens (including phenoxy) is 1. The van der Waals surface area contributed by atoms with Gasteiger partial charge in [-0.15, -0.1) is 0 Å². The molecule has 0 bridgehead atoms. The standard InChI is InChI=1S/C17H16FNO4/c1-22-17(21)13-3-2-10-19(13)16(20)15-9-8-14(23-15)11-4-6-12(18)7-5-11/h4-9,13H,2-3,10H2,1H3/t13-/m0/s1. The molecule has 1 aliphatic rings. The zero-order valence-electron chi connectivity index (χ0n) is 12.6. The van der Waals surface area contributed by atoms with Gasteiger partial charge in [0.15, 0.2) is 5.76 Å². The van der Waals surface area contributed by atoms with Crippen molar-refractivity contribution >= 4 is 11.9 Å². The van der Waals surface area contributed by atoms with Gasteiger partial charge in [-0.25, -0.2) is 9.18 Å². The van der Waals surface area contributed by atoms with Gasteiger partial charge in [0, 0.05) is 12.1 Å². The third-order valence-corrected chi connectivity index (χ3v) is 3.93. The minimum Gasteiger partial charge on any atom is -0.467 e. The molecule has 0 spiro atoms. The van der Waals surface area contributed by atoms with Crippen molar-refractivity contribution in [2.24, 2.45) is 0 Å². The summed E-state index contributed by atoms with van der Waals surface area (Å²) in [5.74, 6) is -0.468. The summed E-state index contributed by atoms with van der Waals surface area (Å²) in [5, 5.41) is 0. The van der Waals surface area contributed by atoms with E-state index in [0.717, 1.165) is 6.42 Å². The van der Waals surface area contributed by atoms with Crippen molar-refractivity contribution in [3.05, 3.63) is 48.0 Å². The van der Waals surface area contributed by atoms with Crippen molar-refractivity contribution in [3.63, 3.8) is 0 Å². The average Bonchev–Trinajstić information content (AvgIpc) is 3.23. The summed E-state index contributed by atoms with van der Waals surface area (Å²) in [4.78, 5) is 25.7. The van der Waals surface area contributed by atoms with Gasteiger partial charge in [-0.3, -0.25) is 4.79 Å². The molecule has 2 aromatic rings. The molecule has 1 saturated heterocycles.